The number of rotatable bonds is 7. The van der Waals surface area contributed by atoms with Crippen LogP contribution in [0.3, 0.4) is 0 Å². The van der Waals surface area contributed by atoms with Crippen molar-refractivity contribution in [3.63, 3.8) is 0 Å². The number of aliphatic hydroxyl groups is 1. The van der Waals surface area contributed by atoms with Gasteiger partial charge in [-0.3, -0.25) is 9.59 Å². The standard InChI is InChI=1S/C26H28F3N3O4/c1-15(2)17-8-6-7-9-18(17)23-20(13-22(33)32(31-23)14-25(3,4)35)30-24(34)19-12-16(26(27,28)29)10-11-21(19)36-5/h6-13,15,35H,14H2,1-5H3,(H,30,34). The van der Waals surface area contributed by atoms with Gasteiger partial charge in [0.25, 0.3) is 11.5 Å². The lowest BCUT2D eigenvalue weighted by molar-refractivity contribution is -0.137. The van der Waals surface area contributed by atoms with Crippen LogP contribution in [0.4, 0.5) is 18.9 Å². The number of alkyl halides is 3. The van der Waals surface area contributed by atoms with Gasteiger partial charge >= 0.3 is 6.18 Å². The third-order valence-corrected chi connectivity index (χ3v) is 5.39. The van der Waals surface area contributed by atoms with Gasteiger partial charge in [-0.2, -0.15) is 18.3 Å². The van der Waals surface area contributed by atoms with E-state index < -0.39 is 28.8 Å². The summed E-state index contributed by atoms with van der Waals surface area (Å²) in [5.74, 6) is -0.902. The highest BCUT2D eigenvalue weighted by Gasteiger charge is 2.32. The summed E-state index contributed by atoms with van der Waals surface area (Å²) in [6.45, 7) is 6.88. The number of halogens is 3. The lowest BCUT2D eigenvalue weighted by atomic mass is 9.94. The molecule has 0 aliphatic heterocycles. The first kappa shape index (κ1) is 26.9. The highest BCUT2D eigenvalue weighted by molar-refractivity contribution is 6.07. The van der Waals surface area contributed by atoms with Crippen molar-refractivity contribution in [2.24, 2.45) is 0 Å². The second-order valence-electron chi connectivity index (χ2n) is 9.32. The number of benzene rings is 2. The van der Waals surface area contributed by atoms with Crippen molar-refractivity contribution in [3.05, 3.63) is 75.6 Å². The molecule has 0 spiro atoms. The minimum absolute atomic E-state index is 0.0181. The smallest absolute Gasteiger partial charge is 0.416 e. The summed E-state index contributed by atoms with van der Waals surface area (Å²) in [5.41, 5.74) is -1.45. The van der Waals surface area contributed by atoms with E-state index in [9.17, 15) is 27.9 Å². The maximum absolute atomic E-state index is 13.3. The van der Waals surface area contributed by atoms with Crippen LogP contribution in [0.25, 0.3) is 11.3 Å². The Balaban J connectivity index is 2.18. The van der Waals surface area contributed by atoms with E-state index in [4.69, 9.17) is 4.74 Å². The van der Waals surface area contributed by atoms with E-state index in [2.05, 4.69) is 10.4 Å². The molecule has 2 N–H and O–H groups in total. The van der Waals surface area contributed by atoms with Crippen molar-refractivity contribution in [1.29, 1.82) is 0 Å². The third-order valence-electron chi connectivity index (χ3n) is 5.39. The number of methoxy groups -OCH3 is 1. The van der Waals surface area contributed by atoms with Crippen LogP contribution < -0.4 is 15.6 Å². The van der Waals surface area contributed by atoms with Gasteiger partial charge in [0.1, 0.15) is 11.4 Å². The molecule has 0 aliphatic carbocycles. The summed E-state index contributed by atoms with van der Waals surface area (Å²) in [5, 5.41) is 17.2. The van der Waals surface area contributed by atoms with Gasteiger partial charge < -0.3 is 15.2 Å². The Morgan fingerprint density at radius 3 is 2.39 bits per heavy atom. The fourth-order valence-electron chi connectivity index (χ4n) is 3.73. The van der Waals surface area contributed by atoms with Gasteiger partial charge in [-0.15, -0.1) is 0 Å². The minimum atomic E-state index is -4.66. The zero-order valence-electron chi connectivity index (χ0n) is 20.6. The Bertz CT molecular complexity index is 1330. The van der Waals surface area contributed by atoms with Crippen molar-refractivity contribution in [1.82, 2.24) is 9.78 Å². The van der Waals surface area contributed by atoms with Crippen molar-refractivity contribution >= 4 is 11.6 Å². The fourth-order valence-corrected chi connectivity index (χ4v) is 3.73. The normalized spacial score (nSPS) is 12.1. The van der Waals surface area contributed by atoms with Crippen LogP contribution in [0.5, 0.6) is 5.75 Å². The SMILES string of the molecule is COc1ccc(C(F)(F)F)cc1C(=O)Nc1cc(=O)n(CC(C)(C)O)nc1-c1ccccc1C(C)C. The monoisotopic (exact) mass is 503 g/mol. The predicted octanol–water partition coefficient (Wildman–Crippen LogP) is 5.08. The number of ether oxygens (including phenoxy) is 1. The van der Waals surface area contributed by atoms with E-state index in [1.165, 1.54) is 21.0 Å². The van der Waals surface area contributed by atoms with Gasteiger partial charge in [0, 0.05) is 11.6 Å². The average molecular weight is 504 g/mol. The molecule has 0 saturated carbocycles. The molecule has 10 heteroatoms. The Labute approximate surface area is 206 Å². The molecule has 1 amide bonds. The first-order chi connectivity index (χ1) is 16.7. The number of nitrogens with zero attached hydrogens (tertiary/aromatic N) is 2. The van der Waals surface area contributed by atoms with Gasteiger partial charge in [-0.05, 0) is 43.5 Å². The van der Waals surface area contributed by atoms with Crippen molar-refractivity contribution in [2.75, 3.05) is 12.4 Å². The van der Waals surface area contributed by atoms with Gasteiger partial charge in [0.2, 0.25) is 0 Å². The summed E-state index contributed by atoms with van der Waals surface area (Å²) < 4.78 is 46.0. The van der Waals surface area contributed by atoms with Crippen molar-refractivity contribution < 1.29 is 27.8 Å². The Hall–Kier alpha value is -3.66. The number of anilines is 1. The van der Waals surface area contributed by atoms with Gasteiger partial charge in [0.15, 0.2) is 0 Å². The lowest BCUT2D eigenvalue weighted by Gasteiger charge is -2.21. The molecule has 7 nitrogen and oxygen atoms in total. The maximum Gasteiger partial charge on any atom is 0.416 e. The van der Waals surface area contributed by atoms with Crippen LogP contribution in [0.1, 0.15) is 55.1 Å². The van der Waals surface area contributed by atoms with E-state index in [0.29, 0.717) is 11.6 Å². The number of hydrogen-bond donors (Lipinski definition) is 2. The number of aromatic nitrogens is 2. The maximum atomic E-state index is 13.3. The van der Waals surface area contributed by atoms with Crippen LogP contribution in [0.2, 0.25) is 0 Å². The Morgan fingerprint density at radius 1 is 1.14 bits per heavy atom. The molecule has 1 aromatic heterocycles. The molecule has 0 saturated heterocycles. The molecule has 0 unspecified atom stereocenters. The molecule has 0 aliphatic rings. The second kappa shape index (κ2) is 10.1. The average Bonchev–Trinajstić information content (AvgIpc) is 2.78. The van der Waals surface area contributed by atoms with Gasteiger partial charge in [0.05, 0.1) is 36.1 Å². The molecular weight excluding hydrogens is 475 g/mol. The summed E-state index contributed by atoms with van der Waals surface area (Å²) in [4.78, 5) is 26.0. The van der Waals surface area contributed by atoms with Gasteiger partial charge in [-0.1, -0.05) is 38.1 Å². The van der Waals surface area contributed by atoms with E-state index in [0.717, 1.165) is 28.4 Å². The van der Waals surface area contributed by atoms with Crippen molar-refractivity contribution in [2.45, 2.75) is 51.9 Å². The molecule has 2 aromatic carbocycles. The Morgan fingerprint density at radius 2 is 1.81 bits per heavy atom. The molecule has 36 heavy (non-hydrogen) atoms. The predicted molar refractivity (Wildman–Crippen MR) is 130 cm³/mol. The first-order valence-corrected chi connectivity index (χ1v) is 11.2. The summed E-state index contributed by atoms with van der Waals surface area (Å²) >= 11 is 0. The highest BCUT2D eigenvalue weighted by atomic mass is 19.4. The van der Waals surface area contributed by atoms with E-state index in [-0.39, 0.29) is 35.2 Å². The number of amides is 1. The molecule has 3 aromatic rings. The first-order valence-electron chi connectivity index (χ1n) is 11.2. The van der Waals surface area contributed by atoms with E-state index >= 15 is 0 Å². The molecule has 0 radical (unpaired) electrons. The molecular formula is C26H28F3N3O4. The van der Waals surface area contributed by atoms with Crippen LogP contribution in [-0.4, -0.2) is 33.5 Å². The quantitative estimate of drug-likeness (QED) is 0.469. The van der Waals surface area contributed by atoms with Crippen LogP contribution >= 0.6 is 0 Å². The number of nitrogens with one attached hydrogen (secondary N) is 1. The zero-order valence-corrected chi connectivity index (χ0v) is 20.6. The molecule has 0 atom stereocenters. The number of carbonyl (C=O) groups is 1. The second-order valence-corrected chi connectivity index (χ2v) is 9.32. The molecule has 0 fully saturated rings. The lowest BCUT2D eigenvalue weighted by Crippen LogP contribution is -2.34. The van der Waals surface area contributed by atoms with Crippen LogP contribution in [-0.2, 0) is 12.7 Å². The largest absolute Gasteiger partial charge is 0.496 e. The number of carbonyl (C=O) groups excluding carboxylic acids is 1. The van der Waals surface area contributed by atoms with Crippen LogP contribution in [0.15, 0.2) is 53.3 Å². The van der Waals surface area contributed by atoms with Crippen molar-refractivity contribution in [3.8, 4) is 17.0 Å². The Kier molecular flexibility index (Phi) is 7.59. The number of hydrogen-bond acceptors (Lipinski definition) is 5. The summed E-state index contributed by atoms with van der Waals surface area (Å²) in [6, 6.07) is 11.0. The molecule has 0 bridgehead atoms. The third kappa shape index (κ3) is 6.12. The molecule has 192 valence electrons. The summed E-state index contributed by atoms with van der Waals surface area (Å²) in [7, 11) is 1.24. The highest BCUT2D eigenvalue weighted by Crippen LogP contribution is 2.35. The van der Waals surface area contributed by atoms with Crippen LogP contribution in [0, 0.1) is 0 Å². The molecule has 3 rings (SSSR count). The fraction of sp³-hybridized carbons (Fsp3) is 0.346. The van der Waals surface area contributed by atoms with Gasteiger partial charge in [-0.25, -0.2) is 4.68 Å². The molecule has 1 heterocycles. The summed E-state index contributed by atoms with van der Waals surface area (Å²) in [6.07, 6.45) is -4.66. The van der Waals surface area contributed by atoms with E-state index in [1.54, 1.807) is 12.1 Å². The topological polar surface area (TPSA) is 93.5 Å². The minimum Gasteiger partial charge on any atom is -0.496 e. The van der Waals surface area contributed by atoms with E-state index in [1.807, 2.05) is 26.0 Å². The zero-order chi connectivity index (χ0) is 26.8.